The van der Waals surface area contributed by atoms with Gasteiger partial charge in [-0.3, -0.25) is 29.0 Å². The molecular weight excluding hydrogens is 762 g/mol. The molecule has 0 spiro atoms. The summed E-state index contributed by atoms with van der Waals surface area (Å²) in [7, 11) is 3.75. The number of likely N-dealkylation sites (N-methyl/N-ethyl adjacent to an activating group) is 1. The Labute approximate surface area is 349 Å². The number of ether oxygens (including phenoxy) is 6. The van der Waals surface area contributed by atoms with Gasteiger partial charge >= 0.3 is 17.9 Å². The maximum Gasteiger partial charge on any atom is 0.312 e. The quantitative estimate of drug-likeness (QED) is 0.281. The van der Waals surface area contributed by atoms with Crippen molar-refractivity contribution in [3.63, 3.8) is 0 Å². The van der Waals surface area contributed by atoms with Crippen LogP contribution in [0.15, 0.2) is 29.4 Å². The van der Waals surface area contributed by atoms with Crippen LogP contribution in [0.5, 0.6) is 0 Å². The zero-order valence-electron chi connectivity index (χ0n) is 37.0. The largest absolute Gasteiger partial charge is 0.461 e. The number of pyridine rings is 1. The fourth-order valence-electron chi connectivity index (χ4n) is 9.54. The van der Waals surface area contributed by atoms with Crippen LogP contribution in [0, 0.1) is 29.6 Å². The molecule has 330 valence electrons. The van der Waals surface area contributed by atoms with E-state index < -0.39 is 95.3 Å². The molecule has 2 bridgehead atoms. The molecule has 59 heavy (non-hydrogen) atoms. The van der Waals surface area contributed by atoms with Crippen molar-refractivity contribution in [2.24, 2.45) is 34.6 Å². The number of carbonyl (C=O) groups excluding carboxylic acids is 5. The first-order chi connectivity index (χ1) is 27.6. The highest BCUT2D eigenvalue weighted by atomic mass is 16.7. The minimum atomic E-state index is -1.68. The number of ketones is 1. The van der Waals surface area contributed by atoms with Crippen molar-refractivity contribution in [3.8, 4) is 0 Å². The summed E-state index contributed by atoms with van der Waals surface area (Å²) in [6.45, 7) is 16.5. The standard InChI is InChI=1S/C44H67N3O12/c1-13-35-44(10,53)33-18-17-32(50)23-54-43(9,22-24(2)37(26(33)4)46-29(7)48)40(59-42-39(56-30(8)49)34(47(11)12)20-25(3)55-42)27(5)38(28(6)41(52)57-35)58-36(51)21-31-16-14-15-19-45-31/h14-16,19,24-28,33-35,38-40,42,53H,13,17-18,20-23H2,1-12H3/t24-,25-,26-,27+,28-,33-,34+,35-,38+,39-,40-,42+,43-,44+/m1/s1. The molecule has 0 saturated carbocycles. The van der Waals surface area contributed by atoms with E-state index in [1.807, 2.05) is 39.8 Å². The van der Waals surface area contributed by atoms with Crippen LogP contribution >= 0.6 is 0 Å². The third kappa shape index (κ3) is 11.8. The van der Waals surface area contributed by atoms with Crippen molar-refractivity contribution in [2.45, 2.75) is 162 Å². The Hall–Kier alpha value is -3.63. The van der Waals surface area contributed by atoms with E-state index in [9.17, 15) is 29.1 Å². The molecule has 15 heteroatoms. The molecule has 1 aromatic heterocycles. The zero-order chi connectivity index (χ0) is 44.0. The minimum Gasteiger partial charge on any atom is -0.461 e. The normalized spacial score (nSPS) is 38.4. The van der Waals surface area contributed by atoms with Gasteiger partial charge < -0.3 is 38.4 Å². The molecule has 15 nitrogen and oxygen atoms in total. The second kappa shape index (κ2) is 20.3. The summed E-state index contributed by atoms with van der Waals surface area (Å²) >= 11 is 0. The summed E-state index contributed by atoms with van der Waals surface area (Å²) in [5.74, 6) is -6.37. The van der Waals surface area contributed by atoms with Crippen molar-refractivity contribution in [3.05, 3.63) is 30.1 Å². The topological polar surface area (TPSA) is 189 Å². The monoisotopic (exact) mass is 829 g/mol. The summed E-state index contributed by atoms with van der Waals surface area (Å²) < 4.78 is 38.7. The van der Waals surface area contributed by atoms with E-state index in [1.165, 1.54) is 13.8 Å². The number of esters is 3. The van der Waals surface area contributed by atoms with Crippen molar-refractivity contribution in [2.75, 3.05) is 20.7 Å². The Bertz CT molecular complexity index is 1670. The van der Waals surface area contributed by atoms with E-state index in [-0.39, 0.29) is 56.6 Å². The number of rotatable bonds is 8. The van der Waals surface area contributed by atoms with E-state index in [0.717, 1.165) is 0 Å². The lowest BCUT2D eigenvalue weighted by Crippen LogP contribution is -2.61. The predicted molar refractivity (Wildman–Crippen MR) is 217 cm³/mol. The van der Waals surface area contributed by atoms with Gasteiger partial charge in [0.25, 0.3) is 0 Å². The Morgan fingerprint density at radius 2 is 1.71 bits per heavy atom. The van der Waals surface area contributed by atoms with Gasteiger partial charge in [-0.15, -0.1) is 0 Å². The second-order valence-corrected chi connectivity index (χ2v) is 17.6. The summed E-state index contributed by atoms with van der Waals surface area (Å²) in [5, 5.41) is 12.5. The number of aromatic nitrogens is 1. The Morgan fingerprint density at radius 1 is 1.02 bits per heavy atom. The number of hydrogen-bond donors (Lipinski definition) is 1. The third-order valence-electron chi connectivity index (χ3n) is 12.5. The van der Waals surface area contributed by atoms with Crippen LogP contribution in [0.3, 0.4) is 0 Å². The Kier molecular flexibility index (Phi) is 16.5. The number of amides is 1. The number of Topliss-reactive ketones (excluding diaryl/α,β-unsaturated/α-hetero) is 1. The van der Waals surface area contributed by atoms with Gasteiger partial charge in [-0.25, -0.2) is 4.99 Å². The first-order valence-electron chi connectivity index (χ1n) is 21.0. The van der Waals surface area contributed by atoms with Crippen LogP contribution in [-0.2, 0) is 58.8 Å². The van der Waals surface area contributed by atoms with Crippen molar-refractivity contribution in [1.29, 1.82) is 0 Å². The molecule has 3 aliphatic rings. The molecule has 3 saturated heterocycles. The molecular formula is C44H67N3O12. The van der Waals surface area contributed by atoms with E-state index >= 15 is 0 Å². The number of carbonyl (C=O) groups is 5. The van der Waals surface area contributed by atoms with E-state index in [1.54, 1.807) is 59.0 Å². The molecule has 3 fully saturated rings. The molecule has 0 aliphatic carbocycles. The lowest BCUT2D eigenvalue weighted by molar-refractivity contribution is -0.305. The maximum atomic E-state index is 14.5. The smallest absolute Gasteiger partial charge is 0.312 e. The molecule has 1 amide bonds. The van der Waals surface area contributed by atoms with Gasteiger partial charge in [0.2, 0.25) is 5.91 Å². The van der Waals surface area contributed by atoms with Crippen molar-refractivity contribution in [1.82, 2.24) is 9.88 Å². The molecule has 4 heterocycles. The van der Waals surface area contributed by atoms with Crippen molar-refractivity contribution >= 4 is 35.3 Å². The number of nitrogens with zero attached hydrogens (tertiary/aromatic N) is 3. The van der Waals surface area contributed by atoms with E-state index in [0.29, 0.717) is 17.8 Å². The predicted octanol–water partition coefficient (Wildman–Crippen LogP) is 4.68. The number of aliphatic hydroxyl groups is 1. The summed E-state index contributed by atoms with van der Waals surface area (Å²) in [4.78, 5) is 78.4. The van der Waals surface area contributed by atoms with Crippen LogP contribution in [-0.4, -0.2) is 125 Å². The highest BCUT2D eigenvalue weighted by Crippen LogP contribution is 2.43. The van der Waals surface area contributed by atoms with Crippen LogP contribution < -0.4 is 0 Å². The van der Waals surface area contributed by atoms with Gasteiger partial charge in [0.1, 0.15) is 24.4 Å². The second-order valence-electron chi connectivity index (χ2n) is 17.6. The molecule has 4 rings (SSSR count). The summed E-state index contributed by atoms with van der Waals surface area (Å²) in [5.41, 5.74) is -2.18. The highest BCUT2D eigenvalue weighted by molar-refractivity contribution is 5.97. The third-order valence-corrected chi connectivity index (χ3v) is 12.5. The first kappa shape index (κ1) is 48.0. The number of hydrogen-bond acceptors (Lipinski definition) is 14. The number of cyclic esters (lactones) is 1. The van der Waals surface area contributed by atoms with Crippen LogP contribution in [0.25, 0.3) is 0 Å². The molecule has 1 N–H and O–H groups in total. The zero-order valence-corrected chi connectivity index (χ0v) is 37.0. The average Bonchev–Trinajstić information content (AvgIpc) is 3.16. The lowest BCUT2D eigenvalue weighted by atomic mass is 9.68. The van der Waals surface area contributed by atoms with Crippen LogP contribution in [0.4, 0.5) is 0 Å². The molecule has 0 aromatic carbocycles. The van der Waals surface area contributed by atoms with E-state index in [4.69, 9.17) is 28.4 Å². The molecule has 0 unspecified atom stereocenters. The van der Waals surface area contributed by atoms with Gasteiger partial charge in [0.05, 0.1) is 41.9 Å². The first-order valence-corrected chi connectivity index (χ1v) is 21.0. The fraction of sp³-hybridized carbons (Fsp3) is 0.750. The maximum absolute atomic E-state index is 14.5. The van der Waals surface area contributed by atoms with Gasteiger partial charge in [0.15, 0.2) is 18.2 Å². The Morgan fingerprint density at radius 3 is 2.31 bits per heavy atom. The lowest BCUT2D eigenvalue weighted by Gasteiger charge is -2.49. The number of fused-ring (bicyclic) bond motifs is 5. The van der Waals surface area contributed by atoms with Crippen LogP contribution in [0.1, 0.15) is 107 Å². The molecule has 1 aromatic rings. The molecule has 14 atom stereocenters. The number of aliphatic imine (C=N–C) groups is 1. The van der Waals surface area contributed by atoms with Gasteiger partial charge in [-0.05, 0) is 91.4 Å². The SMILES string of the molecule is CC[C@H]1OC(=O)[C@H](C)[C@@H](OC(=O)Cc2ccccn2)[C@H](C)[C@@H](O[C@@H]2O[C@H](C)C[C@H](N(C)C)[C@H]2OC(C)=O)[C@@]2(C)C[C@@H](C)C(=NC(C)=O)[C@H](C)[C@@H](CCC(=O)CO2)[C@]1(C)O. The van der Waals surface area contributed by atoms with Gasteiger partial charge in [0, 0.05) is 44.0 Å². The van der Waals surface area contributed by atoms with E-state index in [2.05, 4.69) is 9.98 Å². The van der Waals surface area contributed by atoms with Crippen molar-refractivity contribution < 1.29 is 57.5 Å². The summed E-state index contributed by atoms with van der Waals surface area (Å²) in [6, 6.07) is 4.85. The average molecular weight is 830 g/mol. The Balaban J connectivity index is 2.01. The van der Waals surface area contributed by atoms with Crippen LogP contribution in [0.2, 0.25) is 0 Å². The summed E-state index contributed by atoms with van der Waals surface area (Å²) in [6.07, 6.45) is -3.42. The fourth-order valence-corrected chi connectivity index (χ4v) is 9.54. The minimum absolute atomic E-state index is 0.0148. The van der Waals surface area contributed by atoms with Gasteiger partial charge in [-0.1, -0.05) is 33.8 Å². The highest BCUT2D eigenvalue weighted by Gasteiger charge is 2.54. The molecule has 3 aliphatic heterocycles. The van der Waals surface area contributed by atoms with Gasteiger partial charge in [-0.2, -0.15) is 0 Å². The molecule has 0 radical (unpaired) electrons.